The second kappa shape index (κ2) is 61.8. The molecule has 0 saturated heterocycles. The number of aromatic nitrogens is 8. The van der Waals surface area contributed by atoms with Crippen molar-refractivity contribution in [2.45, 2.75) is 105 Å². The summed E-state index contributed by atoms with van der Waals surface area (Å²) in [5, 5.41) is 0. The summed E-state index contributed by atoms with van der Waals surface area (Å²) < 4.78 is 76.3. The van der Waals surface area contributed by atoms with Crippen molar-refractivity contribution >= 4 is 0 Å². The molecule has 4 radical (unpaired) electrons. The van der Waals surface area contributed by atoms with Crippen molar-refractivity contribution in [2.24, 2.45) is 5.41 Å². The summed E-state index contributed by atoms with van der Waals surface area (Å²) in [5.41, 5.74) is 24.3. The van der Waals surface area contributed by atoms with E-state index in [0.717, 1.165) is 140 Å². The van der Waals surface area contributed by atoms with Crippen LogP contribution in [0.5, 0.6) is 0 Å². The summed E-state index contributed by atoms with van der Waals surface area (Å²) in [7, 11) is 0. The van der Waals surface area contributed by atoms with E-state index in [9.17, 15) is 0 Å². The van der Waals surface area contributed by atoms with E-state index in [1.54, 1.807) is 79.9 Å². The van der Waals surface area contributed by atoms with Gasteiger partial charge in [-0.1, -0.05) is 280 Å². The first-order valence-corrected chi connectivity index (χ1v) is 47.5. The Bertz CT molecular complexity index is 6960. The number of hydrogen-bond acceptors (Lipinski definition) is 8. The minimum absolute atomic E-state index is 0. The molecule has 0 aliphatic rings. The van der Waals surface area contributed by atoms with Gasteiger partial charge in [0.1, 0.15) is 0 Å². The van der Waals surface area contributed by atoms with Crippen LogP contribution in [0.2, 0.25) is 0 Å². The minimum atomic E-state index is -1.55. The van der Waals surface area contributed by atoms with Crippen LogP contribution in [0.15, 0.2) is 498 Å². The third-order valence-electron chi connectivity index (χ3n) is 22.6. The van der Waals surface area contributed by atoms with Crippen molar-refractivity contribution in [3.05, 3.63) is 614 Å². The molecule has 12 heteroatoms. The molecule has 147 heavy (non-hydrogen) atoms. The summed E-state index contributed by atoms with van der Waals surface area (Å²) in [6.07, 6.45) is 11.0. The predicted molar refractivity (Wildman–Crippen MR) is 590 cm³/mol. The van der Waals surface area contributed by atoms with Crippen LogP contribution < -0.4 is 0 Å². The maximum atomic E-state index is 8.73. The van der Waals surface area contributed by atoms with Gasteiger partial charge in [-0.15, -0.1) is 287 Å². The normalized spacial score (nSPS) is 13.1. The topological polar surface area (TPSA) is 103 Å². The number of benzene rings is 13. The summed E-state index contributed by atoms with van der Waals surface area (Å²) in [6.45, 7) is 17.1. The molecule has 13 aromatic carbocycles. The van der Waals surface area contributed by atoms with Gasteiger partial charge in [-0.25, -0.2) is 0 Å². The first-order valence-electron chi connectivity index (χ1n) is 52.0. The Hall–Kier alpha value is -14.3. The van der Waals surface area contributed by atoms with Gasteiger partial charge >= 0.3 is 0 Å². The Morgan fingerprint density at radius 2 is 0.415 bits per heavy atom. The molecule has 742 valence electrons. The van der Waals surface area contributed by atoms with Crippen LogP contribution in [0.25, 0.3) is 90.1 Å². The molecule has 21 rings (SSSR count). The number of hydrogen-bond donors (Lipinski definition) is 0. The summed E-state index contributed by atoms with van der Waals surface area (Å²) >= 11 is 0. The molecule has 8 nitrogen and oxygen atoms in total. The smallest absolute Gasteiger partial charge is 0.0399 e. The van der Waals surface area contributed by atoms with E-state index in [-0.39, 0.29) is 80.4 Å². The second-order valence-electron chi connectivity index (χ2n) is 34.3. The van der Waals surface area contributed by atoms with Gasteiger partial charge in [-0.3, -0.25) is 0 Å². The van der Waals surface area contributed by atoms with Gasteiger partial charge < -0.3 is 39.9 Å². The van der Waals surface area contributed by atoms with Crippen LogP contribution in [-0.2, 0) is 93.2 Å². The first kappa shape index (κ1) is 101. The Morgan fingerprint density at radius 1 is 0.204 bits per heavy atom. The third kappa shape index (κ3) is 37.0. The molecule has 8 heterocycles. The van der Waals surface area contributed by atoms with Crippen molar-refractivity contribution in [2.75, 3.05) is 0 Å². The molecule has 0 spiro atoms. The molecule has 0 fully saturated rings. The van der Waals surface area contributed by atoms with Gasteiger partial charge in [0, 0.05) is 166 Å². The fourth-order valence-electron chi connectivity index (χ4n) is 14.9. The van der Waals surface area contributed by atoms with Crippen LogP contribution in [-0.4, -0.2) is 39.9 Å². The fraction of sp³-hybridized carbons (Fsp3) is 0.126. The van der Waals surface area contributed by atoms with Crippen molar-refractivity contribution in [3.8, 4) is 90.1 Å². The molecule has 0 saturated carbocycles. The zero-order valence-electron chi connectivity index (χ0n) is 92.3. The van der Waals surface area contributed by atoms with E-state index in [2.05, 4.69) is 88.4 Å². The van der Waals surface area contributed by atoms with Gasteiger partial charge in [-0.05, 0) is 174 Å². The maximum Gasteiger partial charge on any atom is 0.0399 e. The average molecular weight is 2630 g/mol. The first-order chi connectivity index (χ1) is 73.2. The molecule has 0 N–H and O–H groups in total. The predicted octanol–water partition coefficient (Wildman–Crippen LogP) is 33.3. The van der Waals surface area contributed by atoms with Crippen molar-refractivity contribution in [1.82, 2.24) is 39.9 Å². The van der Waals surface area contributed by atoms with Crippen molar-refractivity contribution in [1.29, 1.82) is 0 Å². The van der Waals surface area contributed by atoms with Gasteiger partial charge in [0.25, 0.3) is 0 Å². The molecule has 21 aromatic rings. The van der Waals surface area contributed by atoms with E-state index < -0.39 is 47.6 Å². The van der Waals surface area contributed by atoms with Crippen LogP contribution in [0.1, 0.15) is 171 Å². The van der Waals surface area contributed by atoms with E-state index in [4.69, 9.17) is 12.3 Å². The Balaban J connectivity index is 0.000000181. The van der Waals surface area contributed by atoms with Crippen LogP contribution in [0, 0.1) is 53.9 Å². The van der Waals surface area contributed by atoms with E-state index >= 15 is 0 Å². The molecule has 0 amide bonds. The van der Waals surface area contributed by atoms with Crippen LogP contribution >= 0.6 is 0 Å². The van der Waals surface area contributed by atoms with E-state index in [1.165, 1.54) is 0 Å². The monoisotopic (exact) mass is 2630 g/mol. The molecule has 0 bridgehead atoms. The molecule has 4 unspecified atom stereocenters. The quantitative estimate of drug-likeness (QED) is 0.0695. The molecule has 8 aromatic heterocycles. The van der Waals surface area contributed by atoms with Crippen LogP contribution in [0.3, 0.4) is 0 Å². The average Bonchev–Trinajstić information content (AvgIpc) is 0.792. The standard InChI is InChI=1S/4C19H16N.C18H14N.C16H18N.C14H14N.C11H8N.4Ir/c4*1-15(16-8-4-2-5-9-16)18-12-13-20-19(14-18)17-10-6-3-7-11-17;1-3-7-15(8-4-1)13-16-11-12-19-18(14-16)17-9-5-2-6-10-17;1-16(2,3)12-13-9-10-17-15(11-13)14-7-5-4-6-8-14;1-11(2)13-8-9-15-14(10-13)12-6-4-3-5-7-12;1-2-6-10(7-3-1)11-8-4-5-9-12-11;;;;/h4*2-10,12-15H,1H3;1-9,11-12,14H,13H2;4-7,9-11H,12H2,1-3H3;3-6,8-11H,1-2H3;1-6,8-9H;;;;/q8*-1;;;;/i4*15D;13D2;12D2;11D;;;;;. The number of pyridine rings is 8. The summed E-state index contributed by atoms with van der Waals surface area (Å²) in [6, 6.07) is 168. The molecular formula is C135H118Ir4N8-8. The molecule has 4 atom stereocenters. The van der Waals surface area contributed by atoms with Gasteiger partial charge in [0.2, 0.25) is 0 Å². The van der Waals surface area contributed by atoms with Crippen molar-refractivity contribution in [3.63, 3.8) is 0 Å². The molecular weight excluding hydrogens is 2500 g/mol. The zero-order chi connectivity index (χ0) is 107. The van der Waals surface area contributed by atoms with Gasteiger partial charge in [0.05, 0.1) is 0 Å². The van der Waals surface area contributed by atoms with E-state index in [1.807, 2.05) is 481 Å². The zero-order valence-corrected chi connectivity index (χ0v) is 92.8. The number of rotatable bonds is 20. The van der Waals surface area contributed by atoms with Gasteiger partial charge in [-0.2, -0.15) is 0 Å². The Labute approximate surface area is 938 Å². The van der Waals surface area contributed by atoms with Crippen LogP contribution in [0.4, 0.5) is 0 Å². The maximum absolute atomic E-state index is 8.73. The Morgan fingerprint density at radius 3 is 0.660 bits per heavy atom. The second-order valence-corrected chi connectivity index (χ2v) is 34.3. The Kier molecular flexibility index (Phi) is 42.6. The minimum Gasteiger partial charge on any atom is -0.305 e. The van der Waals surface area contributed by atoms with Crippen molar-refractivity contribution < 1.29 is 92.8 Å². The third-order valence-corrected chi connectivity index (χ3v) is 22.6. The molecule has 0 aliphatic carbocycles. The summed E-state index contributed by atoms with van der Waals surface area (Å²) in [5.74, 6) is -3.78. The largest absolute Gasteiger partial charge is 0.305 e. The van der Waals surface area contributed by atoms with Gasteiger partial charge in [0.15, 0.2) is 0 Å². The SMILES string of the molecule is [2H]C(C)(C)c1ccnc(-c2[c-]cccc2)c1.[2H]C(C)(c1ccccc1)c1ccnc(-c2[c-]cccc2)c1.[2H]C(C)(c1ccccc1)c1ccnc(-c2[c-]cccc2)c1.[2H]C(C)(c1ccccc1)c1ccnc(-c2[c-]cccc2)c1.[2H]C(C)(c1ccccc1)c1ccnc(-c2[c-]cccc2)c1.[2H]C([2H])(c1ccccc1)c1ccnc(-c2[c-]cccc2)c1.[2H]C([2H])(c1ccnc(-c2[c-]cccc2)c1)C(C)(C)C.[Ir].[Ir].[Ir].[Ir].[c-]1ccccc1-c1ccccn1. The van der Waals surface area contributed by atoms with E-state index in [0.29, 0.717) is 16.7 Å². The fourth-order valence-corrected chi connectivity index (χ4v) is 14.9. The molecule has 0 aliphatic heterocycles. The number of nitrogens with zero attached hydrogens (tertiary/aromatic N) is 8. The summed E-state index contributed by atoms with van der Waals surface area (Å²) in [4.78, 5) is 34.8.